The molecule has 0 aliphatic carbocycles. The second-order valence-corrected chi connectivity index (χ2v) is 6.81. The van der Waals surface area contributed by atoms with E-state index in [4.69, 9.17) is 16.3 Å². The van der Waals surface area contributed by atoms with Crippen LogP contribution in [-0.2, 0) is 0 Å². The van der Waals surface area contributed by atoms with Gasteiger partial charge in [0, 0.05) is 5.56 Å². The lowest BCUT2D eigenvalue weighted by molar-refractivity contribution is 0.102. The number of amides is 1. The lowest BCUT2D eigenvalue weighted by Gasteiger charge is -2.13. The molecular formula is C20H13ClN2O2S. The SMILES string of the molecule is O=C(Nc1ccccc1Oc1ccccc1Cl)c1ccc2ncsc2c1. The fourth-order valence-corrected chi connectivity index (χ4v) is 3.39. The summed E-state index contributed by atoms with van der Waals surface area (Å²) in [6.07, 6.45) is 0. The van der Waals surface area contributed by atoms with Crippen LogP contribution in [-0.4, -0.2) is 10.9 Å². The van der Waals surface area contributed by atoms with Crippen LogP contribution in [0.3, 0.4) is 0 Å². The molecule has 0 fully saturated rings. The number of carbonyl (C=O) groups excluding carboxylic acids is 1. The van der Waals surface area contributed by atoms with Crippen LogP contribution in [0.15, 0.2) is 72.2 Å². The van der Waals surface area contributed by atoms with Gasteiger partial charge in [-0.1, -0.05) is 35.9 Å². The van der Waals surface area contributed by atoms with Gasteiger partial charge in [0.05, 0.1) is 26.4 Å². The largest absolute Gasteiger partial charge is 0.454 e. The van der Waals surface area contributed by atoms with Gasteiger partial charge >= 0.3 is 0 Å². The Balaban J connectivity index is 1.60. The molecule has 0 saturated heterocycles. The van der Waals surface area contributed by atoms with E-state index in [9.17, 15) is 4.79 Å². The van der Waals surface area contributed by atoms with E-state index in [1.165, 1.54) is 11.3 Å². The summed E-state index contributed by atoms with van der Waals surface area (Å²) in [6, 6.07) is 19.9. The van der Waals surface area contributed by atoms with Crippen LogP contribution < -0.4 is 10.1 Å². The second-order valence-electron chi connectivity index (χ2n) is 5.52. The smallest absolute Gasteiger partial charge is 0.255 e. The highest BCUT2D eigenvalue weighted by Gasteiger charge is 2.12. The van der Waals surface area contributed by atoms with Crippen molar-refractivity contribution in [3.8, 4) is 11.5 Å². The summed E-state index contributed by atoms with van der Waals surface area (Å²) in [4.78, 5) is 16.9. The zero-order chi connectivity index (χ0) is 17.9. The van der Waals surface area contributed by atoms with Crippen LogP contribution >= 0.6 is 22.9 Å². The van der Waals surface area contributed by atoms with Gasteiger partial charge in [-0.25, -0.2) is 4.98 Å². The molecule has 1 heterocycles. The Kier molecular flexibility index (Phi) is 4.56. The van der Waals surface area contributed by atoms with Crippen LogP contribution in [0.5, 0.6) is 11.5 Å². The van der Waals surface area contributed by atoms with Crippen molar-refractivity contribution < 1.29 is 9.53 Å². The highest BCUT2D eigenvalue weighted by atomic mass is 35.5. The summed E-state index contributed by atoms with van der Waals surface area (Å²) >= 11 is 7.66. The van der Waals surface area contributed by atoms with E-state index < -0.39 is 0 Å². The molecule has 4 nitrogen and oxygen atoms in total. The molecule has 0 aliphatic rings. The van der Waals surface area contributed by atoms with E-state index >= 15 is 0 Å². The number of anilines is 1. The molecule has 1 amide bonds. The Morgan fingerprint density at radius 2 is 1.77 bits per heavy atom. The van der Waals surface area contributed by atoms with Crippen LogP contribution in [0.2, 0.25) is 5.02 Å². The number of benzene rings is 3. The van der Waals surface area contributed by atoms with Crippen molar-refractivity contribution in [2.75, 3.05) is 5.32 Å². The summed E-state index contributed by atoms with van der Waals surface area (Å²) < 4.78 is 6.85. The van der Waals surface area contributed by atoms with Crippen molar-refractivity contribution in [1.29, 1.82) is 0 Å². The van der Waals surface area contributed by atoms with Crippen molar-refractivity contribution >= 4 is 44.7 Å². The standard InChI is InChI=1S/C20H13ClN2O2S/c21-14-5-1-3-7-17(14)25-18-8-4-2-6-15(18)23-20(24)13-9-10-16-19(11-13)26-12-22-16/h1-12H,(H,23,24). The Labute approximate surface area is 159 Å². The predicted molar refractivity (Wildman–Crippen MR) is 106 cm³/mol. The Morgan fingerprint density at radius 1 is 1.00 bits per heavy atom. The zero-order valence-electron chi connectivity index (χ0n) is 13.5. The highest BCUT2D eigenvalue weighted by molar-refractivity contribution is 7.16. The Hall–Kier alpha value is -2.89. The maximum atomic E-state index is 12.6. The molecule has 0 unspecified atom stereocenters. The third-order valence-corrected chi connectivity index (χ3v) is 4.89. The second kappa shape index (κ2) is 7.15. The predicted octanol–water partition coefficient (Wildman–Crippen LogP) is 5.99. The van der Waals surface area contributed by atoms with Crippen molar-refractivity contribution in [2.45, 2.75) is 0 Å². The van der Waals surface area contributed by atoms with E-state index in [-0.39, 0.29) is 5.91 Å². The average Bonchev–Trinajstić information content (AvgIpc) is 3.13. The van der Waals surface area contributed by atoms with Gasteiger partial charge < -0.3 is 10.1 Å². The number of thiazole rings is 1. The average molecular weight is 381 g/mol. The number of hydrogen-bond acceptors (Lipinski definition) is 4. The summed E-state index contributed by atoms with van der Waals surface area (Å²) in [6.45, 7) is 0. The fourth-order valence-electron chi connectivity index (χ4n) is 2.50. The summed E-state index contributed by atoms with van der Waals surface area (Å²) in [5, 5.41) is 3.40. The minimum Gasteiger partial charge on any atom is -0.454 e. The Morgan fingerprint density at radius 3 is 2.62 bits per heavy atom. The molecule has 1 aromatic heterocycles. The molecule has 4 rings (SSSR count). The van der Waals surface area contributed by atoms with Gasteiger partial charge in [0.25, 0.3) is 5.91 Å². The first-order chi connectivity index (χ1) is 12.7. The molecule has 6 heteroatoms. The fraction of sp³-hybridized carbons (Fsp3) is 0. The van der Waals surface area contributed by atoms with Crippen LogP contribution in [0, 0.1) is 0 Å². The van der Waals surface area contributed by atoms with Crippen LogP contribution in [0.25, 0.3) is 10.2 Å². The monoisotopic (exact) mass is 380 g/mol. The maximum absolute atomic E-state index is 12.6. The number of nitrogens with one attached hydrogen (secondary N) is 1. The summed E-state index contributed by atoms with van der Waals surface area (Å²) in [7, 11) is 0. The number of nitrogens with zero attached hydrogens (tertiary/aromatic N) is 1. The number of ether oxygens (including phenoxy) is 1. The van der Waals surface area contributed by atoms with E-state index in [0.717, 1.165) is 10.2 Å². The molecule has 128 valence electrons. The molecule has 0 aliphatic heterocycles. The van der Waals surface area contributed by atoms with E-state index in [0.29, 0.717) is 27.8 Å². The number of aromatic nitrogens is 1. The van der Waals surface area contributed by atoms with Gasteiger partial charge in [0.1, 0.15) is 5.75 Å². The topological polar surface area (TPSA) is 51.2 Å². The minimum atomic E-state index is -0.212. The molecule has 0 bridgehead atoms. The number of carbonyl (C=O) groups is 1. The van der Waals surface area contributed by atoms with Crippen LogP contribution in [0.1, 0.15) is 10.4 Å². The molecule has 3 aromatic carbocycles. The van der Waals surface area contributed by atoms with Crippen molar-refractivity contribution in [3.63, 3.8) is 0 Å². The lowest BCUT2D eigenvalue weighted by atomic mass is 10.2. The molecule has 26 heavy (non-hydrogen) atoms. The maximum Gasteiger partial charge on any atom is 0.255 e. The first-order valence-electron chi connectivity index (χ1n) is 7.87. The molecule has 0 spiro atoms. The van der Waals surface area contributed by atoms with Gasteiger partial charge in [0.15, 0.2) is 5.75 Å². The molecule has 0 saturated carbocycles. The molecule has 4 aromatic rings. The number of hydrogen-bond donors (Lipinski definition) is 1. The number of fused-ring (bicyclic) bond motifs is 1. The van der Waals surface area contributed by atoms with Crippen molar-refractivity contribution in [1.82, 2.24) is 4.98 Å². The molecule has 0 atom stereocenters. The molecule has 0 radical (unpaired) electrons. The summed E-state index contributed by atoms with van der Waals surface area (Å²) in [5.74, 6) is 0.838. The van der Waals surface area contributed by atoms with Gasteiger partial charge in [-0.3, -0.25) is 4.79 Å². The molecular weight excluding hydrogens is 368 g/mol. The third kappa shape index (κ3) is 3.40. The highest BCUT2D eigenvalue weighted by Crippen LogP contribution is 2.33. The van der Waals surface area contributed by atoms with Crippen molar-refractivity contribution in [2.24, 2.45) is 0 Å². The lowest BCUT2D eigenvalue weighted by Crippen LogP contribution is -2.12. The number of para-hydroxylation sites is 3. The van der Waals surface area contributed by atoms with E-state index in [2.05, 4.69) is 10.3 Å². The first kappa shape index (κ1) is 16.6. The summed E-state index contributed by atoms with van der Waals surface area (Å²) in [5.41, 5.74) is 3.78. The van der Waals surface area contributed by atoms with E-state index in [1.807, 2.05) is 36.4 Å². The zero-order valence-corrected chi connectivity index (χ0v) is 15.1. The quantitative estimate of drug-likeness (QED) is 0.472. The third-order valence-electron chi connectivity index (χ3n) is 3.79. The van der Waals surface area contributed by atoms with Gasteiger partial charge in [-0.05, 0) is 42.5 Å². The minimum absolute atomic E-state index is 0.212. The Bertz CT molecular complexity index is 1090. The number of halogens is 1. The van der Waals surface area contributed by atoms with Gasteiger partial charge in [0.2, 0.25) is 0 Å². The van der Waals surface area contributed by atoms with Gasteiger partial charge in [-0.2, -0.15) is 0 Å². The van der Waals surface area contributed by atoms with E-state index in [1.54, 1.807) is 35.8 Å². The first-order valence-corrected chi connectivity index (χ1v) is 9.12. The number of rotatable bonds is 4. The van der Waals surface area contributed by atoms with Crippen LogP contribution in [0.4, 0.5) is 5.69 Å². The normalized spacial score (nSPS) is 10.7. The molecule has 1 N–H and O–H groups in total. The van der Waals surface area contributed by atoms with Crippen molar-refractivity contribution in [3.05, 3.63) is 82.8 Å². The van der Waals surface area contributed by atoms with Gasteiger partial charge in [-0.15, -0.1) is 11.3 Å².